The second kappa shape index (κ2) is 11.9. The van der Waals surface area contributed by atoms with Crippen molar-refractivity contribution in [3.8, 4) is 0 Å². The standard InChI is InChI=1S/C25H28ClFN4O5S2/c1-36-25(33)20-21(15-4-7-17(8-5-15)31(11-3-12-32)38(2,34)35)29-23(24-28-10-13-37-24)30-22(20)18-9-6-16(27)14-19(18)26/h6-7,9-10,13-15,22,32H,3-5,8,11-12H2,1-2H3,(H,29,30)/t15-,22?/m0/s1. The molecule has 9 nitrogen and oxygen atoms in total. The molecule has 1 aliphatic carbocycles. The molecule has 0 fully saturated rings. The molecule has 13 heteroatoms. The minimum absolute atomic E-state index is 0.118. The van der Waals surface area contributed by atoms with E-state index in [1.165, 1.54) is 41.0 Å². The number of nitrogens with zero attached hydrogens (tertiary/aromatic N) is 3. The molecule has 204 valence electrons. The van der Waals surface area contributed by atoms with E-state index in [-0.39, 0.29) is 29.7 Å². The minimum atomic E-state index is -3.52. The van der Waals surface area contributed by atoms with Crippen LogP contribution < -0.4 is 5.32 Å². The molecule has 0 amide bonds. The number of amidine groups is 1. The number of aliphatic hydroxyl groups excluding tert-OH is 1. The Hall–Kier alpha value is -2.80. The third kappa shape index (κ3) is 6.09. The summed E-state index contributed by atoms with van der Waals surface area (Å²) in [5, 5.41) is 15.0. The van der Waals surface area contributed by atoms with E-state index >= 15 is 0 Å². The molecular weight excluding hydrogens is 555 g/mol. The van der Waals surface area contributed by atoms with Gasteiger partial charge in [0.15, 0.2) is 10.8 Å². The molecule has 2 N–H and O–H groups in total. The van der Waals surface area contributed by atoms with Crippen molar-refractivity contribution in [3.05, 3.63) is 74.2 Å². The number of allylic oxidation sites excluding steroid dienone is 3. The number of nitrogens with one attached hydrogen (secondary N) is 1. The Balaban J connectivity index is 1.77. The summed E-state index contributed by atoms with van der Waals surface area (Å²) in [5.41, 5.74) is 1.93. The highest BCUT2D eigenvalue weighted by Crippen LogP contribution is 2.41. The Morgan fingerprint density at radius 3 is 2.76 bits per heavy atom. The Kier molecular flexibility index (Phi) is 8.86. The summed E-state index contributed by atoms with van der Waals surface area (Å²) in [5.74, 6) is -0.861. The zero-order valence-corrected chi connectivity index (χ0v) is 23.2. The number of methoxy groups -OCH3 is 1. The number of carbonyl (C=O) groups excluding carboxylic acids is 1. The second-order valence-corrected chi connectivity index (χ2v) is 12.1. The molecule has 0 radical (unpaired) electrons. The molecule has 2 atom stereocenters. The molecule has 38 heavy (non-hydrogen) atoms. The van der Waals surface area contributed by atoms with Crippen molar-refractivity contribution in [2.75, 3.05) is 26.5 Å². The monoisotopic (exact) mass is 582 g/mol. The number of aliphatic imine (C=N–C) groups is 1. The van der Waals surface area contributed by atoms with E-state index < -0.39 is 27.9 Å². The summed E-state index contributed by atoms with van der Waals surface area (Å²) < 4.78 is 45.1. The van der Waals surface area contributed by atoms with Crippen LogP contribution in [0.1, 0.15) is 42.3 Å². The lowest BCUT2D eigenvalue weighted by atomic mass is 9.84. The minimum Gasteiger partial charge on any atom is -0.466 e. The number of aromatic nitrogens is 1. The number of rotatable bonds is 9. The van der Waals surface area contributed by atoms with E-state index in [1.807, 2.05) is 6.08 Å². The lowest BCUT2D eigenvalue weighted by Gasteiger charge is -2.34. The summed E-state index contributed by atoms with van der Waals surface area (Å²) in [6, 6.07) is 3.07. The lowest BCUT2D eigenvalue weighted by molar-refractivity contribution is -0.136. The third-order valence-corrected chi connectivity index (χ3v) is 8.73. The summed E-state index contributed by atoms with van der Waals surface area (Å²) in [4.78, 5) is 22.3. The number of sulfonamides is 1. The molecule has 4 rings (SSSR count). The van der Waals surface area contributed by atoms with Crippen LogP contribution in [0.15, 0.2) is 57.8 Å². The molecule has 1 aromatic carbocycles. The van der Waals surface area contributed by atoms with Gasteiger partial charge in [-0.25, -0.2) is 22.6 Å². The van der Waals surface area contributed by atoms with Crippen LogP contribution in [0.2, 0.25) is 5.02 Å². The van der Waals surface area contributed by atoms with Crippen molar-refractivity contribution in [3.63, 3.8) is 0 Å². The summed E-state index contributed by atoms with van der Waals surface area (Å²) in [7, 11) is -2.24. The molecule has 0 saturated heterocycles. The lowest BCUT2D eigenvalue weighted by Crippen LogP contribution is -2.38. The van der Waals surface area contributed by atoms with Crippen molar-refractivity contribution < 1.29 is 27.4 Å². The number of ether oxygens (including phenoxy) is 1. The summed E-state index contributed by atoms with van der Waals surface area (Å²) in [6.07, 6.45) is 6.38. The van der Waals surface area contributed by atoms with Crippen molar-refractivity contribution in [1.82, 2.24) is 14.6 Å². The Bertz CT molecular complexity index is 1390. The number of hydrogen-bond donors (Lipinski definition) is 2. The fourth-order valence-electron chi connectivity index (χ4n) is 4.66. The molecule has 2 heterocycles. The van der Waals surface area contributed by atoms with Crippen molar-refractivity contribution in [1.29, 1.82) is 0 Å². The third-order valence-electron chi connectivity index (χ3n) is 6.41. The number of carbonyl (C=O) groups is 1. The molecule has 0 spiro atoms. The number of halogens is 2. The van der Waals surface area contributed by atoms with Crippen molar-refractivity contribution >= 4 is 44.8 Å². The van der Waals surface area contributed by atoms with Gasteiger partial charge in [-0.05, 0) is 37.8 Å². The fraction of sp³-hybridized carbons (Fsp3) is 0.400. The molecule has 1 aromatic heterocycles. The fourth-order valence-corrected chi connectivity index (χ4v) is 6.58. The van der Waals surface area contributed by atoms with Gasteiger partial charge in [0.05, 0.1) is 18.9 Å². The zero-order valence-electron chi connectivity index (χ0n) is 20.9. The van der Waals surface area contributed by atoms with Gasteiger partial charge in [0.25, 0.3) is 0 Å². The van der Waals surface area contributed by atoms with Crippen LogP contribution in [0.25, 0.3) is 0 Å². The van der Waals surface area contributed by atoms with Crippen molar-refractivity contribution in [2.24, 2.45) is 10.9 Å². The van der Waals surface area contributed by atoms with Gasteiger partial charge in [0.1, 0.15) is 11.9 Å². The SMILES string of the molecule is COC(=O)C1=C([C@H]2CC=C(N(CCCO)S(C)(=O)=O)CC2)NC(c2nccs2)=NC1c1ccc(F)cc1Cl. The van der Waals surface area contributed by atoms with Crippen LogP contribution in [0.3, 0.4) is 0 Å². The topological polar surface area (TPSA) is 121 Å². The first-order valence-corrected chi connectivity index (χ1v) is 15.0. The number of esters is 1. The quantitative estimate of drug-likeness (QED) is 0.432. The maximum atomic E-state index is 13.9. The zero-order chi connectivity index (χ0) is 27.4. The number of thiazole rings is 1. The number of benzene rings is 1. The smallest absolute Gasteiger partial charge is 0.338 e. The average molecular weight is 583 g/mol. The average Bonchev–Trinajstić information content (AvgIpc) is 3.43. The van der Waals surface area contributed by atoms with Gasteiger partial charge >= 0.3 is 5.97 Å². The Morgan fingerprint density at radius 2 is 2.18 bits per heavy atom. The highest BCUT2D eigenvalue weighted by molar-refractivity contribution is 7.88. The van der Waals surface area contributed by atoms with Gasteiger partial charge < -0.3 is 15.2 Å². The van der Waals surface area contributed by atoms with Crippen LogP contribution in [-0.4, -0.2) is 61.1 Å². The van der Waals surface area contributed by atoms with E-state index in [2.05, 4.69) is 10.3 Å². The van der Waals surface area contributed by atoms with E-state index in [4.69, 9.17) is 21.3 Å². The largest absolute Gasteiger partial charge is 0.466 e. The molecule has 0 saturated carbocycles. The predicted octanol–water partition coefficient (Wildman–Crippen LogP) is 3.78. The molecule has 0 bridgehead atoms. The number of hydrogen-bond acceptors (Lipinski definition) is 9. The van der Waals surface area contributed by atoms with Gasteiger partial charge in [-0.15, -0.1) is 11.3 Å². The van der Waals surface area contributed by atoms with Crippen LogP contribution >= 0.6 is 22.9 Å². The first kappa shape index (κ1) is 28.2. The summed E-state index contributed by atoms with van der Waals surface area (Å²) >= 11 is 7.78. The van der Waals surface area contributed by atoms with Gasteiger partial charge in [-0.1, -0.05) is 23.7 Å². The van der Waals surface area contributed by atoms with Crippen LogP contribution in [0, 0.1) is 11.7 Å². The Labute approximate surface area is 229 Å². The predicted molar refractivity (Wildman–Crippen MR) is 144 cm³/mol. The first-order valence-electron chi connectivity index (χ1n) is 11.9. The van der Waals surface area contributed by atoms with Gasteiger partial charge in [-0.3, -0.25) is 9.30 Å². The van der Waals surface area contributed by atoms with Crippen LogP contribution in [0.4, 0.5) is 4.39 Å². The molecule has 1 unspecified atom stereocenters. The summed E-state index contributed by atoms with van der Waals surface area (Å²) in [6.45, 7) is 0.0691. The van der Waals surface area contributed by atoms with Gasteiger partial charge in [0.2, 0.25) is 10.0 Å². The molecule has 2 aliphatic rings. The van der Waals surface area contributed by atoms with Crippen LogP contribution in [0.5, 0.6) is 0 Å². The van der Waals surface area contributed by atoms with Crippen molar-refractivity contribution in [2.45, 2.75) is 31.7 Å². The Morgan fingerprint density at radius 1 is 1.39 bits per heavy atom. The second-order valence-electron chi connectivity index (χ2n) is 8.91. The maximum absolute atomic E-state index is 13.9. The van der Waals surface area contributed by atoms with E-state index in [9.17, 15) is 22.7 Å². The van der Waals surface area contributed by atoms with Crippen LogP contribution in [-0.2, 0) is 19.6 Å². The normalized spacial score (nSPS) is 19.9. The maximum Gasteiger partial charge on any atom is 0.338 e. The molecular formula is C25H28ClFN4O5S2. The number of aliphatic hydroxyl groups is 1. The molecule has 2 aromatic rings. The van der Waals surface area contributed by atoms with Gasteiger partial charge in [-0.2, -0.15) is 0 Å². The van der Waals surface area contributed by atoms with E-state index in [0.717, 1.165) is 6.26 Å². The highest BCUT2D eigenvalue weighted by atomic mass is 35.5. The highest BCUT2D eigenvalue weighted by Gasteiger charge is 2.37. The van der Waals surface area contributed by atoms with E-state index in [0.29, 0.717) is 53.5 Å². The van der Waals surface area contributed by atoms with Gasteiger partial charge in [0, 0.05) is 52.6 Å². The molecule has 1 aliphatic heterocycles. The van der Waals surface area contributed by atoms with E-state index in [1.54, 1.807) is 11.6 Å². The first-order chi connectivity index (χ1) is 18.1.